The summed E-state index contributed by atoms with van der Waals surface area (Å²) in [5.41, 5.74) is 0. The second kappa shape index (κ2) is 6.23. The molecule has 0 radical (unpaired) electrons. The van der Waals surface area contributed by atoms with E-state index in [0.29, 0.717) is 0 Å². The average Bonchev–Trinajstić information content (AvgIpc) is 2.66. The van der Waals surface area contributed by atoms with E-state index in [1.165, 1.54) is 25.7 Å². The molecule has 1 rings (SSSR count). The van der Waals surface area contributed by atoms with Gasteiger partial charge < -0.3 is 0 Å². The minimum Gasteiger partial charge on any atom is -0.230 e. The van der Waals surface area contributed by atoms with Crippen LogP contribution in [0.4, 0.5) is 0 Å². The molecule has 0 unspecified atom stereocenters. The molecular weight excluding hydrogens is 184 g/mol. The summed E-state index contributed by atoms with van der Waals surface area (Å²) in [6.07, 6.45) is 12.9. The molecule has 0 amide bonds. The molecule has 0 bridgehead atoms. The maximum atomic E-state index is 3.83. The largest absolute Gasteiger partial charge is 0.285 e. The molecule has 0 spiro atoms. The monoisotopic (exact) mass is 205 g/mol. The van der Waals surface area contributed by atoms with Gasteiger partial charge in [0.05, 0.1) is 12.7 Å². The Morgan fingerprint density at radius 3 is 2.73 bits per heavy atom. The Kier molecular flexibility index (Phi) is 4.88. The first-order valence-corrected chi connectivity index (χ1v) is 5.68. The first kappa shape index (κ1) is 11.8. The zero-order valence-electron chi connectivity index (χ0n) is 9.65. The molecule has 1 heterocycles. The van der Waals surface area contributed by atoms with Crippen molar-refractivity contribution in [3.05, 3.63) is 31.4 Å². The summed E-state index contributed by atoms with van der Waals surface area (Å²) in [5, 5.41) is 0. The van der Waals surface area contributed by atoms with Gasteiger partial charge in [-0.25, -0.2) is 9.13 Å². The lowest BCUT2D eigenvalue weighted by Gasteiger charge is -1.99. The summed E-state index contributed by atoms with van der Waals surface area (Å²) in [5.74, 6) is 1.11. The average molecular weight is 205 g/mol. The third-order valence-corrected chi connectivity index (χ3v) is 2.60. The number of unbranched alkanes of at least 4 members (excludes halogenated alkanes) is 3. The van der Waals surface area contributed by atoms with Crippen molar-refractivity contribution in [3.8, 4) is 0 Å². The quantitative estimate of drug-likeness (QED) is 0.478. The van der Waals surface area contributed by atoms with E-state index < -0.39 is 0 Å². The zero-order valence-corrected chi connectivity index (χ0v) is 9.65. The van der Waals surface area contributed by atoms with Crippen LogP contribution in [0.25, 0.3) is 12.3 Å². The number of hydrogen-bond donors (Lipinski definition) is 0. The molecule has 2 heteroatoms. The highest BCUT2D eigenvalue weighted by atomic mass is 15.1. The fourth-order valence-electron chi connectivity index (χ4n) is 1.73. The Morgan fingerprint density at radius 1 is 1.33 bits per heavy atom. The van der Waals surface area contributed by atoms with Gasteiger partial charge in [-0.3, -0.25) is 0 Å². The molecule has 0 N–H and O–H groups in total. The first-order valence-electron chi connectivity index (χ1n) is 5.68. The summed E-state index contributed by atoms with van der Waals surface area (Å²) in [4.78, 5) is 0. The number of nitrogens with zero attached hydrogens (tertiary/aromatic N) is 2. The number of hydrogen-bond acceptors (Lipinski definition) is 0. The number of rotatable bonds is 7. The molecule has 0 aliphatic rings. The van der Waals surface area contributed by atoms with Gasteiger partial charge in [0, 0.05) is 6.08 Å². The van der Waals surface area contributed by atoms with E-state index >= 15 is 0 Å². The molecule has 0 aliphatic carbocycles. The lowest BCUT2D eigenvalue weighted by Crippen LogP contribution is -2.35. The van der Waals surface area contributed by atoms with Crippen molar-refractivity contribution in [2.45, 2.75) is 39.2 Å². The van der Waals surface area contributed by atoms with E-state index in [1.807, 2.05) is 16.8 Å². The molecule has 0 fully saturated rings. The molecule has 15 heavy (non-hydrogen) atoms. The van der Waals surface area contributed by atoms with Crippen LogP contribution >= 0.6 is 0 Å². The summed E-state index contributed by atoms with van der Waals surface area (Å²) >= 11 is 0. The number of aryl methyl sites for hydroxylation is 1. The highest BCUT2D eigenvalue weighted by Gasteiger charge is 2.10. The van der Waals surface area contributed by atoms with Gasteiger partial charge in [0.25, 0.3) is 5.82 Å². The van der Waals surface area contributed by atoms with Crippen molar-refractivity contribution in [1.82, 2.24) is 4.57 Å². The highest BCUT2D eigenvalue weighted by molar-refractivity contribution is 5.38. The molecule has 1 aromatic rings. The van der Waals surface area contributed by atoms with E-state index in [2.05, 4.69) is 30.8 Å². The Bertz CT molecular complexity index is 323. The van der Waals surface area contributed by atoms with E-state index in [1.54, 1.807) is 6.20 Å². The SMILES string of the molecule is C=Cc1n(C=C)cc[n+]1CCCCCC. The minimum absolute atomic E-state index is 1.07. The van der Waals surface area contributed by atoms with Crippen LogP contribution in [-0.2, 0) is 6.54 Å². The third-order valence-electron chi connectivity index (χ3n) is 2.60. The lowest BCUT2D eigenvalue weighted by atomic mass is 10.2. The molecule has 2 nitrogen and oxygen atoms in total. The van der Waals surface area contributed by atoms with Crippen molar-refractivity contribution in [2.24, 2.45) is 0 Å². The Labute approximate surface area is 92.6 Å². The minimum atomic E-state index is 1.07. The molecule has 0 saturated heterocycles. The summed E-state index contributed by atoms with van der Waals surface area (Å²) in [6, 6.07) is 0. The number of aromatic nitrogens is 2. The number of imidazole rings is 1. The first-order chi connectivity index (χ1) is 7.33. The van der Waals surface area contributed by atoms with Crippen LogP contribution in [-0.4, -0.2) is 4.57 Å². The molecule has 0 saturated carbocycles. The van der Waals surface area contributed by atoms with Crippen LogP contribution in [0.2, 0.25) is 0 Å². The van der Waals surface area contributed by atoms with Crippen molar-refractivity contribution in [2.75, 3.05) is 0 Å². The summed E-state index contributed by atoms with van der Waals surface area (Å²) < 4.78 is 4.22. The normalized spacial score (nSPS) is 10.2. The fourth-order valence-corrected chi connectivity index (χ4v) is 1.73. The standard InChI is InChI=1S/C13H21N2/c1-4-7-8-9-10-15-12-11-14(6-3)13(15)5-2/h5-6,11-12H,2-4,7-10H2,1H3/q+1. The fraction of sp³-hybridized carbons (Fsp3) is 0.462. The van der Waals surface area contributed by atoms with Crippen LogP contribution in [0.3, 0.4) is 0 Å². The van der Waals surface area contributed by atoms with Gasteiger partial charge in [-0.1, -0.05) is 32.9 Å². The molecule has 0 atom stereocenters. The van der Waals surface area contributed by atoms with Crippen LogP contribution in [0.15, 0.2) is 25.6 Å². The van der Waals surface area contributed by atoms with Gasteiger partial charge in [0.1, 0.15) is 12.4 Å². The van der Waals surface area contributed by atoms with Gasteiger partial charge in [-0.05, 0) is 12.8 Å². The van der Waals surface area contributed by atoms with E-state index in [-0.39, 0.29) is 0 Å². The van der Waals surface area contributed by atoms with Gasteiger partial charge in [0.15, 0.2) is 0 Å². The van der Waals surface area contributed by atoms with Crippen LogP contribution in [0.1, 0.15) is 38.4 Å². The second-order valence-electron chi connectivity index (χ2n) is 3.70. The predicted molar refractivity (Wildman–Crippen MR) is 65.2 cm³/mol. The molecule has 0 aromatic carbocycles. The van der Waals surface area contributed by atoms with Crippen LogP contribution < -0.4 is 4.57 Å². The van der Waals surface area contributed by atoms with Gasteiger partial charge >= 0.3 is 0 Å². The topological polar surface area (TPSA) is 8.81 Å². The zero-order chi connectivity index (χ0) is 11.1. The summed E-state index contributed by atoms with van der Waals surface area (Å²) in [6.45, 7) is 10.9. The third kappa shape index (κ3) is 3.08. The van der Waals surface area contributed by atoms with Crippen LogP contribution in [0.5, 0.6) is 0 Å². The van der Waals surface area contributed by atoms with Crippen LogP contribution in [0, 0.1) is 0 Å². The Morgan fingerprint density at radius 2 is 2.13 bits per heavy atom. The van der Waals surface area contributed by atoms with E-state index in [0.717, 1.165) is 12.4 Å². The molecule has 82 valence electrons. The van der Waals surface area contributed by atoms with E-state index in [9.17, 15) is 0 Å². The molecule has 0 aliphatic heterocycles. The van der Waals surface area contributed by atoms with Crippen molar-refractivity contribution in [3.63, 3.8) is 0 Å². The molecule has 1 aromatic heterocycles. The van der Waals surface area contributed by atoms with Gasteiger partial charge in [0.2, 0.25) is 0 Å². The highest BCUT2D eigenvalue weighted by Crippen LogP contribution is 2.01. The van der Waals surface area contributed by atoms with Crippen molar-refractivity contribution >= 4 is 12.3 Å². The summed E-state index contributed by atoms with van der Waals surface area (Å²) in [7, 11) is 0. The van der Waals surface area contributed by atoms with Gasteiger partial charge in [-0.15, -0.1) is 0 Å². The Balaban J connectivity index is 2.56. The van der Waals surface area contributed by atoms with E-state index in [4.69, 9.17) is 0 Å². The lowest BCUT2D eigenvalue weighted by molar-refractivity contribution is -0.698. The predicted octanol–water partition coefficient (Wildman–Crippen LogP) is 3.10. The Hall–Kier alpha value is -1.31. The van der Waals surface area contributed by atoms with Crippen molar-refractivity contribution in [1.29, 1.82) is 0 Å². The van der Waals surface area contributed by atoms with Gasteiger partial charge in [-0.2, -0.15) is 0 Å². The van der Waals surface area contributed by atoms with Crippen molar-refractivity contribution < 1.29 is 4.57 Å². The molecular formula is C13H21N2+. The maximum absolute atomic E-state index is 3.83. The maximum Gasteiger partial charge on any atom is 0.285 e. The smallest absolute Gasteiger partial charge is 0.230 e. The second-order valence-corrected chi connectivity index (χ2v) is 3.70.